The maximum absolute atomic E-state index is 12.9. The van der Waals surface area contributed by atoms with Crippen molar-refractivity contribution in [2.24, 2.45) is 0 Å². The number of nitrogens with zero attached hydrogens (tertiary/aromatic N) is 1. The predicted molar refractivity (Wildman–Crippen MR) is 118 cm³/mol. The molecule has 3 rings (SSSR count). The maximum Gasteiger partial charge on any atom is 0.244 e. The summed E-state index contributed by atoms with van der Waals surface area (Å²) in [4.78, 5) is 12.9. The molecule has 3 aromatic rings. The number of carbonyl (C=O) groups is 1. The van der Waals surface area contributed by atoms with E-state index >= 15 is 0 Å². The SMILES string of the molecule is CC[C@H](C(=O)NCc1ccc2ccccc2c1)N(c1ccc(C)cc1)S(C)(=O)=O. The molecule has 0 fully saturated rings. The summed E-state index contributed by atoms with van der Waals surface area (Å²) < 4.78 is 26.2. The maximum atomic E-state index is 12.9. The number of benzene rings is 3. The van der Waals surface area contributed by atoms with Crippen molar-refractivity contribution in [1.29, 1.82) is 0 Å². The van der Waals surface area contributed by atoms with Crippen LogP contribution in [0.2, 0.25) is 0 Å². The van der Waals surface area contributed by atoms with Gasteiger partial charge >= 0.3 is 0 Å². The van der Waals surface area contributed by atoms with Crippen LogP contribution in [-0.2, 0) is 21.4 Å². The molecule has 0 aliphatic rings. The van der Waals surface area contributed by atoms with Gasteiger partial charge in [-0.25, -0.2) is 8.42 Å². The number of aryl methyl sites for hydroxylation is 1. The zero-order valence-electron chi connectivity index (χ0n) is 16.9. The zero-order valence-corrected chi connectivity index (χ0v) is 17.7. The Balaban J connectivity index is 1.80. The van der Waals surface area contributed by atoms with Crippen molar-refractivity contribution in [3.05, 3.63) is 77.9 Å². The summed E-state index contributed by atoms with van der Waals surface area (Å²) in [6, 6.07) is 20.4. The number of anilines is 1. The average molecular weight is 411 g/mol. The Hall–Kier alpha value is -2.86. The molecule has 0 aliphatic heterocycles. The molecule has 29 heavy (non-hydrogen) atoms. The standard InChI is InChI=1S/C23H26N2O3S/c1-4-22(25(29(3,27)28)21-13-9-17(2)10-14-21)23(26)24-16-18-11-12-19-7-5-6-8-20(19)15-18/h5-15,22H,4,16H2,1-3H3,(H,24,26)/t22-/m1/s1. The molecule has 0 aliphatic carbocycles. The highest BCUT2D eigenvalue weighted by Crippen LogP contribution is 2.23. The van der Waals surface area contributed by atoms with E-state index in [2.05, 4.69) is 5.32 Å². The lowest BCUT2D eigenvalue weighted by molar-refractivity contribution is -0.122. The molecule has 0 saturated heterocycles. The van der Waals surface area contributed by atoms with Crippen LogP contribution in [0.3, 0.4) is 0 Å². The summed E-state index contributed by atoms with van der Waals surface area (Å²) >= 11 is 0. The molecule has 5 nitrogen and oxygen atoms in total. The molecule has 1 N–H and O–H groups in total. The van der Waals surface area contributed by atoms with Gasteiger partial charge in [-0.1, -0.05) is 61.0 Å². The van der Waals surface area contributed by atoms with Gasteiger partial charge in [0.2, 0.25) is 15.9 Å². The predicted octanol–water partition coefficient (Wildman–Crippen LogP) is 4.01. The molecule has 6 heteroatoms. The van der Waals surface area contributed by atoms with Gasteiger partial charge in [0.25, 0.3) is 0 Å². The normalized spacial score (nSPS) is 12.5. The largest absolute Gasteiger partial charge is 0.350 e. The second kappa shape index (κ2) is 8.66. The van der Waals surface area contributed by atoms with Crippen LogP contribution in [0.4, 0.5) is 5.69 Å². The first-order valence-corrected chi connectivity index (χ1v) is 11.5. The molecule has 0 unspecified atom stereocenters. The van der Waals surface area contributed by atoms with E-state index in [0.717, 1.165) is 28.2 Å². The fraction of sp³-hybridized carbons (Fsp3) is 0.261. The summed E-state index contributed by atoms with van der Waals surface area (Å²) in [5, 5.41) is 5.14. The molecular formula is C23H26N2O3S. The first kappa shape index (κ1) is 20.9. The fourth-order valence-corrected chi connectivity index (χ4v) is 4.62. The minimum Gasteiger partial charge on any atom is -0.350 e. The number of rotatable bonds is 7. The lowest BCUT2D eigenvalue weighted by Gasteiger charge is -2.30. The van der Waals surface area contributed by atoms with Crippen molar-refractivity contribution in [2.75, 3.05) is 10.6 Å². The molecule has 0 aromatic heterocycles. The molecule has 152 valence electrons. The van der Waals surface area contributed by atoms with E-state index < -0.39 is 16.1 Å². The first-order chi connectivity index (χ1) is 13.8. The van der Waals surface area contributed by atoms with E-state index in [1.54, 1.807) is 12.1 Å². The Morgan fingerprint density at radius 2 is 1.66 bits per heavy atom. The number of carbonyl (C=O) groups excluding carboxylic acids is 1. The van der Waals surface area contributed by atoms with Crippen molar-refractivity contribution in [2.45, 2.75) is 32.9 Å². The van der Waals surface area contributed by atoms with E-state index in [1.807, 2.05) is 68.4 Å². The minimum atomic E-state index is -3.63. The number of nitrogens with one attached hydrogen (secondary N) is 1. The average Bonchev–Trinajstić information content (AvgIpc) is 2.70. The molecule has 1 amide bonds. The lowest BCUT2D eigenvalue weighted by atomic mass is 10.1. The fourth-order valence-electron chi connectivity index (χ4n) is 3.41. The Morgan fingerprint density at radius 3 is 2.28 bits per heavy atom. The van der Waals surface area contributed by atoms with Crippen LogP contribution in [-0.4, -0.2) is 26.6 Å². The Bertz CT molecular complexity index is 1110. The van der Waals surface area contributed by atoms with E-state index in [4.69, 9.17) is 0 Å². The third-order valence-corrected chi connectivity index (χ3v) is 6.08. The van der Waals surface area contributed by atoms with Crippen LogP contribution in [0.15, 0.2) is 66.7 Å². The van der Waals surface area contributed by atoms with Crippen molar-refractivity contribution < 1.29 is 13.2 Å². The number of hydrogen-bond acceptors (Lipinski definition) is 3. The minimum absolute atomic E-state index is 0.313. The molecule has 0 heterocycles. The van der Waals surface area contributed by atoms with Gasteiger partial charge < -0.3 is 5.32 Å². The summed E-state index contributed by atoms with van der Waals surface area (Å²) in [5.74, 6) is -0.313. The third kappa shape index (κ3) is 4.95. The summed E-state index contributed by atoms with van der Waals surface area (Å²) in [6.07, 6.45) is 1.50. The van der Waals surface area contributed by atoms with Crippen LogP contribution >= 0.6 is 0 Å². The van der Waals surface area contributed by atoms with E-state index in [-0.39, 0.29) is 5.91 Å². The Morgan fingerprint density at radius 1 is 1.00 bits per heavy atom. The third-order valence-electron chi connectivity index (χ3n) is 4.90. The Labute approximate surface area is 172 Å². The van der Waals surface area contributed by atoms with E-state index in [1.165, 1.54) is 4.31 Å². The smallest absolute Gasteiger partial charge is 0.244 e. The molecule has 0 spiro atoms. The molecular weight excluding hydrogens is 384 g/mol. The quantitative estimate of drug-likeness (QED) is 0.640. The second-order valence-corrected chi connectivity index (χ2v) is 9.08. The highest BCUT2D eigenvalue weighted by atomic mass is 32.2. The van der Waals surface area contributed by atoms with Crippen LogP contribution in [0.1, 0.15) is 24.5 Å². The molecule has 0 saturated carbocycles. The molecule has 0 bridgehead atoms. The van der Waals surface area contributed by atoms with Gasteiger partial charge in [0, 0.05) is 6.54 Å². The van der Waals surface area contributed by atoms with Gasteiger partial charge in [-0.2, -0.15) is 0 Å². The second-order valence-electron chi connectivity index (χ2n) is 7.22. The summed E-state index contributed by atoms with van der Waals surface area (Å²) in [5.41, 5.74) is 2.48. The van der Waals surface area contributed by atoms with Crippen molar-refractivity contribution in [1.82, 2.24) is 5.32 Å². The monoisotopic (exact) mass is 410 g/mol. The molecule has 1 atom stereocenters. The van der Waals surface area contributed by atoms with Gasteiger partial charge in [-0.3, -0.25) is 9.10 Å². The molecule has 3 aromatic carbocycles. The Kier molecular flexibility index (Phi) is 6.23. The van der Waals surface area contributed by atoms with Crippen molar-refractivity contribution in [3.63, 3.8) is 0 Å². The van der Waals surface area contributed by atoms with Crippen LogP contribution in [0, 0.1) is 6.92 Å². The van der Waals surface area contributed by atoms with Gasteiger partial charge in [0.1, 0.15) is 6.04 Å². The lowest BCUT2D eigenvalue weighted by Crippen LogP contribution is -2.49. The van der Waals surface area contributed by atoms with Gasteiger partial charge in [0.15, 0.2) is 0 Å². The van der Waals surface area contributed by atoms with Crippen LogP contribution < -0.4 is 9.62 Å². The molecule has 0 radical (unpaired) electrons. The summed E-state index contributed by atoms with van der Waals surface area (Å²) in [6.45, 7) is 4.08. The van der Waals surface area contributed by atoms with Crippen LogP contribution in [0.25, 0.3) is 10.8 Å². The van der Waals surface area contributed by atoms with Gasteiger partial charge in [-0.05, 0) is 47.9 Å². The number of fused-ring (bicyclic) bond motifs is 1. The van der Waals surface area contributed by atoms with Gasteiger partial charge in [-0.15, -0.1) is 0 Å². The number of amides is 1. The van der Waals surface area contributed by atoms with E-state index in [0.29, 0.717) is 18.7 Å². The summed E-state index contributed by atoms with van der Waals surface area (Å²) in [7, 11) is -3.63. The van der Waals surface area contributed by atoms with Crippen molar-refractivity contribution >= 4 is 32.4 Å². The van der Waals surface area contributed by atoms with Crippen LogP contribution in [0.5, 0.6) is 0 Å². The van der Waals surface area contributed by atoms with Gasteiger partial charge in [0.05, 0.1) is 11.9 Å². The topological polar surface area (TPSA) is 66.5 Å². The first-order valence-electron chi connectivity index (χ1n) is 9.61. The number of sulfonamides is 1. The van der Waals surface area contributed by atoms with Crippen molar-refractivity contribution in [3.8, 4) is 0 Å². The zero-order chi connectivity index (χ0) is 21.0. The highest BCUT2D eigenvalue weighted by molar-refractivity contribution is 7.92. The highest BCUT2D eigenvalue weighted by Gasteiger charge is 2.31. The number of hydrogen-bond donors (Lipinski definition) is 1. The van der Waals surface area contributed by atoms with E-state index in [9.17, 15) is 13.2 Å².